The Bertz CT molecular complexity index is 285. The number of Topliss-reactive ketones (excluding diaryl/α,β-unsaturated/α-hetero) is 2. The van der Waals surface area contributed by atoms with Crippen molar-refractivity contribution in [1.82, 2.24) is 5.32 Å². The number of hydrogen-bond acceptors (Lipinski definition) is 3. The van der Waals surface area contributed by atoms with Crippen molar-refractivity contribution < 1.29 is 14.4 Å². The molecule has 0 radical (unpaired) electrons. The van der Waals surface area contributed by atoms with Gasteiger partial charge in [0.1, 0.15) is 5.78 Å². The predicted octanol–water partition coefficient (Wildman–Crippen LogP) is 0.305. The predicted molar refractivity (Wildman–Crippen MR) is 50.6 cm³/mol. The summed E-state index contributed by atoms with van der Waals surface area (Å²) >= 11 is 0. The Morgan fingerprint density at radius 1 is 1.50 bits per heavy atom. The van der Waals surface area contributed by atoms with Crippen molar-refractivity contribution >= 4 is 17.5 Å². The minimum Gasteiger partial charge on any atom is -0.345 e. The number of carbonyl (C=O) groups is 3. The molecule has 0 spiro atoms. The Morgan fingerprint density at radius 3 is 2.43 bits per heavy atom. The monoisotopic (exact) mass is 197 g/mol. The molecule has 0 aromatic carbocycles. The van der Waals surface area contributed by atoms with E-state index in [0.29, 0.717) is 0 Å². The Kier molecular flexibility index (Phi) is 3.03. The molecule has 1 N–H and O–H groups in total. The SMILES string of the molecule is CC[C@H](C)[C@H]1NC(=O)[C@H](C(C)=O)C1=O. The van der Waals surface area contributed by atoms with Crippen molar-refractivity contribution in [3.8, 4) is 0 Å². The fraction of sp³-hybridized carbons (Fsp3) is 0.700. The molecule has 0 bridgehead atoms. The highest BCUT2D eigenvalue weighted by atomic mass is 16.2. The average Bonchev–Trinajstić information content (AvgIpc) is 2.40. The van der Waals surface area contributed by atoms with Crippen molar-refractivity contribution in [3.05, 3.63) is 0 Å². The molecule has 1 aliphatic rings. The summed E-state index contributed by atoms with van der Waals surface area (Å²) in [5, 5.41) is 2.58. The van der Waals surface area contributed by atoms with Crippen LogP contribution < -0.4 is 5.32 Å². The highest BCUT2D eigenvalue weighted by molar-refractivity contribution is 6.23. The molecule has 1 rings (SSSR count). The first-order valence-corrected chi connectivity index (χ1v) is 4.83. The number of ketones is 2. The molecule has 78 valence electrons. The molecule has 1 heterocycles. The molecule has 1 fully saturated rings. The number of hydrogen-bond donors (Lipinski definition) is 1. The van der Waals surface area contributed by atoms with Crippen LogP contribution in [0.3, 0.4) is 0 Å². The van der Waals surface area contributed by atoms with Crippen molar-refractivity contribution in [2.45, 2.75) is 33.2 Å². The summed E-state index contributed by atoms with van der Waals surface area (Å²) in [5.74, 6) is -2.03. The lowest BCUT2D eigenvalue weighted by Crippen LogP contribution is -2.35. The van der Waals surface area contributed by atoms with Gasteiger partial charge in [0, 0.05) is 0 Å². The second-order valence-corrected chi connectivity index (χ2v) is 3.82. The van der Waals surface area contributed by atoms with Crippen LogP contribution in [-0.4, -0.2) is 23.5 Å². The Labute approximate surface area is 83.1 Å². The van der Waals surface area contributed by atoms with E-state index < -0.39 is 17.9 Å². The zero-order chi connectivity index (χ0) is 10.9. The topological polar surface area (TPSA) is 63.2 Å². The summed E-state index contributed by atoms with van der Waals surface area (Å²) in [5.41, 5.74) is 0. The Morgan fingerprint density at radius 2 is 2.07 bits per heavy atom. The van der Waals surface area contributed by atoms with E-state index in [0.717, 1.165) is 6.42 Å². The summed E-state index contributed by atoms with van der Waals surface area (Å²) in [7, 11) is 0. The van der Waals surface area contributed by atoms with Crippen LogP contribution in [0.5, 0.6) is 0 Å². The fourth-order valence-electron chi connectivity index (χ4n) is 1.66. The van der Waals surface area contributed by atoms with Crippen molar-refractivity contribution in [1.29, 1.82) is 0 Å². The normalized spacial score (nSPS) is 28.8. The lowest BCUT2D eigenvalue weighted by Gasteiger charge is -2.15. The average molecular weight is 197 g/mol. The Hall–Kier alpha value is -1.19. The van der Waals surface area contributed by atoms with Gasteiger partial charge in [0.2, 0.25) is 5.91 Å². The van der Waals surface area contributed by atoms with Crippen molar-refractivity contribution in [2.75, 3.05) is 0 Å². The zero-order valence-electron chi connectivity index (χ0n) is 8.66. The van der Waals surface area contributed by atoms with E-state index in [2.05, 4.69) is 5.32 Å². The van der Waals surface area contributed by atoms with E-state index in [1.54, 1.807) is 0 Å². The molecule has 1 aliphatic heterocycles. The molecule has 0 aromatic heterocycles. The minimum atomic E-state index is -1.06. The minimum absolute atomic E-state index is 0.0933. The van der Waals surface area contributed by atoms with Crippen LogP contribution in [-0.2, 0) is 14.4 Å². The number of carbonyl (C=O) groups excluding carboxylic acids is 3. The second-order valence-electron chi connectivity index (χ2n) is 3.82. The van der Waals surface area contributed by atoms with E-state index in [9.17, 15) is 14.4 Å². The molecular formula is C10H15NO3. The van der Waals surface area contributed by atoms with Crippen molar-refractivity contribution in [2.24, 2.45) is 11.8 Å². The second kappa shape index (κ2) is 3.90. The lowest BCUT2D eigenvalue weighted by molar-refractivity contribution is -0.135. The van der Waals surface area contributed by atoms with E-state index in [-0.39, 0.29) is 17.5 Å². The molecule has 0 aliphatic carbocycles. The highest BCUT2D eigenvalue weighted by Gasteiger charge is 2.45. The van der Waals surface area contributed by atoms with Crippen LogP contribution in [0, 0.1) is 11.8 Å². The van der Waals surface area contributed by atoms with Crippen LogP contribution >= 0.6 is 0 Å². The number of amides is 1. The summed E-state index contributed by atoms with van der Waals surface area (Å²) in [6.45, 7) is 5.12. The molecular weight excluding hydrogens is 182 g/mol. The molecule has 4 heteroatoms. The Balaban J connectivity index is 2.84. The summed E-state index contributed by atoms with van der Waals surface area (Å²) in [6, 6.07) is -0.471. The van der Waals surface area contributed by atoms with Gasteiger partial charge in [-0.3, -0.25) is 14.4 Å². The summed E-state index contributed by atoms with van der Waals surface area (Å²) < 4.78 is 0. The van der Waals surface area contributed by atoms with E-state index in [1.165, 1.54) is 6.92 Å². The molecule has 0 aromatic rings. The first-order chi connectivity index (χ1) is 6.49. The van der Waals surface area contributed by atoms with E-state index in [4.69, 9.17) is 0 Å². The summed E-state index contributed by atoms with van der Waals surface area (Å²) in [6.07, 6.45) is 0.807. The molecule has 4 nitrogen and oxygen atoms in total. The lowest BCUT2D eigenvalue weighted by atomic mass is 9.91. The maximum Gasteiger partial charge on any atom is 0.238 e. The first-order valence-electron chi connectivity index (χ1n) is 4.83. The van der Waals surface area contributed by atoms with Gasteiger partial charge in [-0.25, -0.2) is 0 Å². The largest absolute Gasteiger partial charge is 0.345 e. The van der Waals surface area contributed by atoms with Gasteiger partial charge in [-0.15, -0.1) is 0 Å². The third-order valence-electron chi connectivity index (χ3n) is 2.77. The summed E-state index contributed by atoms with van der Waals surface area (Å²) in [4.78, 5) is 34.0. The van der Waals surface area contributed by atoms with Crippen LogP contribution in [0.1, 0.15) is 27.2 Å². The van der Waals surface area contributed by atoms with Crippen LogP contribution in [0.2, 0.25) is 0 Å². The maximum atomic E-state index is 11.7. The molecule has 1 amide bonds. The number of rotatable bonds is 3. The smallest absolute Gasteiger partial charge is 0.238 e. The van der Waals surface area contributed by atoms with Gasteiger partial charge in [-0.1, -0.05) is 20.3 Å². The first kappa shape index (κ1) is 10.9. The molecule has 14 heavy (non-hydrogen) atoms. The van der Waals surface area contributed by atoms with Crippen LogP contribution in [0.15, 0.2) is 0 Å². The van der Waals surface area contributed by atoms with Gasteiger partial charge in [-0.05, 0) is 12.8 Å². The molecule has 1 saturated heterocycles. The maximum absolute atomic E-state index is 11.7. The van der Waals surface area contributed by atoms with Gasteiger partial charge in [0.05, 0.1) is 6.04 Å². The number of nitrogens with one attached hydrogen (secondary N) is 1. The van der Waals surface area contributed by atoms with Gasteiger partial charge in [0.25, 0.3) is 0 Å². The van der Waals surface area contributed by atoms with Crippen LogP contribution in [0.4, 0.5) is 0 Å². The van der Waals surface area contributed by atoms with Gasteiger partial charge >= 0.3 is 0 Å². The molecule has 0 saturated carbocycles. The third kappa shape index (κ3) is 1.69. The van der Waals surface area contributed by atoms with Crippen molar-refractivity contribution in [3.63, 3.8) is 0 Å². The van der Waals surface area contributed by atoms with Crippen LogP contribution in [0.25, 0.3) is 0 Å². The van der Waals surface area contributed by atoms with Gasteiger partial charge in [0.15, 0.2) is 11.7 Å². The zero-order valence-corrected chi connectivity index (χ0v) is 8.66. The standard InChI is InChI=1S/C10H15NO3/c1-4-5(2)8-9(13)7(6(3)12)10(14)11-8/h5,7-8H,4H2,1-3H3,(H,11,14)/t5-,7+,8+/m0/s1. The van der Waals surface area contributed by atoms with E-state index in [1.807, 2.05) is 13.8 Å². The fourth-order valence-corrected chi connectivity index (χ4v) is 1.66. The molecule has 3 atom stereocenters. The van der Waals surface area contributed by atoms with Gasteiger partial charge < -0.3 is 5.32 Å². The third-order valence-corrected chi connectivity index (χ3v) is 2.77. The quantitative estimate of drug-likeness (QED) is 0.662. The highest BCUT2D eigenvalue weighted by Crippen LogP contribution is 2.20. The van der Waals surface area contributed by atoms with Gasteiger partial charge in [-0.2, -0.15) is 0 Å². The molecule has 0 unspecified atom stereocenters. The van der Waals surface area contributed by atoms with E-state index >= 15 is 0 Å².